The molecule has 0 aliphatic carbocycles. The minimum atomic E-state index is 0. The van der Waals surface area contributed by atoms with E-state index in [-0.39, 0.29) is 41.3 Å². The number of benzene rings is 2. The van der Waals surface area contributed by atoms with Gasteiger partial charge in [-0.05, 0) is 55.0 Å². The number of likely N-dealkylation sites (N-methyl/N-ethyl adjacent to an activating group) is 1. The van der Waals surface area contributed by atoms with Crippen LogP contribution in [0.15, 0.2) is 36.4 Å². The van der Waals surface area contributed by atoms with E-state index in [2.05, 4.69) is 86.7 Å². The summed E-state index contributed by atoms with van der Waals surface area (Å²) in [6, 6.07) is 13.3. The van der Waals surface area contributed by atoms with Crippen molar-refractivity contribution in [2.24, 2.45) is 0 Å². The summed E-state index contributed by atoms with van der Waals surface area (Å²) in [5, 5.41) is 7.39. The van der Waals surface area contributed by atoms with Crippen LogP contribution < -0.4 is 35.4 Å². The second kappa shape index (κ2) is 17.6. The molecule has 178 valence electrons. The molecule has 31 heavy (non-hydrogen) atoms. The van der Waals surface area contributed by atoms with Crippen molar-refractivity contribution in [3.63, 3.8) is 0 Å². The van der Waals surface area contributed by atoms with E-state index in [9.17, 15) is 0 Å². The molecule has 0 heterocycles. The number of para-hydroxylation sites is 2. The Hall–Kier alpha value is -0.926. The number of rotatable bonds is 12. The second-order valence-corrected chi connectivity index (χ2v) is 7.47. The Kier molecular flexibility index (Phi) is 18.3. The minimum absolute atomic E-state index is 0. The fourth-order valence-corrected chi connectivity index (χ4v) is 3.79. The average molecular weight is 511 g/mol. The predicted molar refractivity (Wildman–Crippen MR) is 125 cm³/mol. The van der Waals surface area contributed by atoms with Gasteiger partial charge in [-0.25, -0.2) is 0 Å². The summed E-state index contributed by atoms with van der Waals surface area (Å²) >= 11 is 0. The van der Waals surface area contributed by atoms with Gasteiger partial charge in [0.2, 0.25) is 0 Å². The van der Waals surface area contributed by atoms with Crippen molar-refractivity contribution in [1.29, 1.82) is 0 Å². The Morgan fingerprint density at radius 1 is 0.613 bits per heavy atom. The van der Waals surface area contributed by atoms with Gasteiger partial charge < -0.3 is 40.3 Å². The fraction of sp³-hybridized carbons (Fsp3) is 0.520. The van der Waals surface area contributed by atoms with Crippen LogP contribution in [0.2, 0.25) is 0 Å². The first kappa shape index (κ1) is 32.3. The number of hydrogen-bond acceptors (Lipinski definition) is 3. The molecule has 0 aliphatic rings. The zero-order valence-electron chi connectivity index (χ0n) is 19.6. The minimum Gasteiger partial charge on any atom is -1.00 e. The number of nitrogens with one attached hydrogen (secondary N) is 2. The Bertz CT molecular complexity index is 635. The normalized spacial score (nSPS) is 10.0. The molecule has 0 atom stereocenters. The van der Waals surface area contributed by atoms with Crippen LogP contribution in [0.5, 0.6) is 0 Å². The Balaban J connectivity index is 0. The van der Waals surface area contributed by atoms with Gasteiger partial charge in [0, 0.05) is 37.6 Å². The molecular formula is C25H39Cl2N3Ni. The van der Waals surface area contributed by atoms with E-state index < -0.39 is 0 Å². The summed E-state index contributed by atoms with van der Waals surface area (Å²) in [5.74, 6) is 0. The molecule has 3 nitrogen and oxygen atoms in total. The smallest absolute Gasteiger partial charge is 1.00 e. The SMILES string of the molecule is CCc1cccc(CC)c1NCCN(C)CCNc1c(CC)cccc1CC.[Cl-].[Cl-].[Ni+2]. The number of halogens is 2. The number of hydrogen-bond donors (Lipinski definition) is 2. The third-order valence-electron chi connectivity index (χ3n) is 5.59. The van der Waals surface area contributed by atoms with Crippen LogP contribution in [-0.4, -0.2) is 38.1 Å². The van der Waals surface area contributed by atoms with Gasteiger partial charge in [0.05, 0.1) is 0 Å². The van der Waals surface area contributed by atoms with Crippen LogP contribution in [0.1, 0.15) is 49.9 Å². The first-order chi connectivity index (χ1) is 13.6. The van der Waals surface area contributed by atoms with E-state index in [0.29, 0.717) is 0 Å². The van der Waals surface area contributed by atoms with Crippen molar-refractivity contribution in [3.8, 4) is 0 Å². The molecule has 0 saturated heterocycles. The van der Waals surface area contributed by atoms with E-state index in [0.717, 1.165) is 51.9 Å². The predicted octanol–water partition coefficient (Wildman–Crippen LogP) is -0.602. The van der Waals surface area contributed by atoms with Crippen molar-refractivity contribution >= 4 is 11.4 Å². The molecule has 0 aliphatic heterocycles. The molecule has 0 radical (unpaired) electrons. The van der Waals surface area contributed by atoms with Gasteiger partial charge in [-0.2, -0.15) is 0 Å². The van der Waals surface area contributed by atoms with Crippen LogP contribution in [-0.2, 0) is 42.2 Å². The van der Waals surface area contributed by atoms with E-state index in [4.69, 9.17) is 0 Å². The maximum Gasteiger partial charge on any atom is 2.00 e. The van der Waals surface area contributed by atoms with Crippen LogP contribution in [0, 0.1) is 0 Å². The molecule has 2 rings (SSSR count). The first-order valence-corrected chi connectivity index (χ1v) is 11.0. The van der Waals surface area contributed by atoms with Crippen LogP contribution in [0.3, 0.4) is 0 Å². The van der Waals surface area contributed by atoms with Crippen molar-refractivity contribution < 1.29 is 41.3 Å². The molecule has 0 spiro atoms. The summed E-state index contributed by atoms with van der Waals surface area (Å²) in [6.45, 7) is 13.0. The molecular weight excluding hydrogens is 472 g/mol. The van der Waals surface area contributed by atoms with Crippen molar-refractivity contribution in [2.45, 2.75) is 53.4 Å². The maximum atomic E-state index is 3.70. The second-order valence-electron chi connectivity index (χ2n) is 7.47. The summed E-state index contributed by atoms with van der Waals surface area (Å²) < 4.78 is 0. The largest absolute Gasteiger partial charge is 2.00 e. The van der Waals surface area contributed by atoms with Gasteiger partial charge in [-0.3, -0.25) is 0 Å². The molecule has 0 amide bonds. The zero-order valence-corrected chi connectivity index (χ0v) is 22.1. The molecule has 0 bridgehead atoms. The third-order valence-corrected chi connectivity index (χ3v) is 5.59. The summed E-state index contributed by atoms with van der Waals surface area (Å²) in [4.78, 5) is 2.40. The molecule has 0 unspecified atom stereocenters. The molecule has 2 aromatic carbocycles. The Labute approximate surface area is 212 Å². The molecule has 6 heteroatoms. The average Bonchev–Trinajstić information content (AvgIpc) is 2.73. The van der Waals surface area contributed by atoms with E-state index in [1.54, 1.807) is 0 Å². The van der Waals surface area contributed by atoms with Gasteiger partial charge in [0.15, 0.2) is 0 Å². The van der Waals surface area contributed by atoms with Crippen LogP contribution >= 0.6 is 0 Å². The van der Waals surface area contributed by atoms with Gasteiger partial charge in [0.25, 0.3) is 0 Å². The van der Waals surface area contributed by atoms with Crippen molar-refractivity contribution in [2.75, 3.05) is 43.9 Å². The fourth-order valence-electron chi connectivity index (χ4n) is 3.79. The molecule has 0 saturated carbocycles. The Morgan fingerprint density at radius 2 is 0.903 bits per heavy atom. The topological polar surface area (TPSA) is 27.3 Å². The van der Waals surface area contributed by atoms with Gasteiger partial charge in [-0.15, -0.1) is 0 Å². The quantitative estimate of drug-likeness (QED) is 0.373. The van der Waals surface area contributed by atoms with E-state index in [1.807, 2.05) is 0 Å². The zero-order chi connectivity index (χ0) is 20.4. The van der Waals surface area contributed by atoms with Crippen LogP contribution in [0.4, 0.5) is 11.4 Å². The van der Waals surface area contributed by atoms with E-state index >= 15 is 0 Å². The molecule has 2 N–H and O–H groups in total. The third kappa shape index (κ3) is 9.62. The molecule has 0 fully saturated rings. The van der Waals surface area contributed by atoms with E-state index in [1.165, 1.54) is 33.6 Å². The standard InChI is InChI=1S/C25H39N3.2ClH.Ni/c1-6-20-12-10-13-21(7-2)24(20)26-16-18-28(5)19-17-27-25-22(8-3)14-11-15-23(25)9-4;;;/h10-15,26-27H,6-9,16-19H2,1-5H3;2*1H;/q;;;+2/p-2. The van der Waals surface area contributed by atoms with Crippen molar-refractivity contribution in [3.05, 3.63) is 58.7 Å². The molecule has 2 aromatic rings. The summed E-state index contributed by atoms with van der Waals surface area (Å²) in [6.07, 6.45) is 4.30. The number of anilines is 2. The number of nitrogens with zero attached hydrogens (tertiary/aromatic N) is 1. The van der Waals surface area contributed by atoms with Gasteiger partial charge >= 0.3 is 16.5 Å². The van der Waals surface area contributed by atoms with Gasteiger partial charge in [-0.1, -0.05) is 64.1 Å². The van der Waals surface area contributed by atoms with Crippen molar-refractivity contribution in [1.82, 2.24) is 4.90 Å². The number of aryl methyl sites for hydroxylation is 4. The maximum absolute atomic E-state index is 3.70. The van der Waals surface area contributed by atoms with Gasteiger partial charge in [0.1, 0.15) is 0 Å². The summed E-state index contributed by atoms with van der Waals surface area (Å²) in [5.41, 5.74) is 8.39. The van der Waals surface area contributed by atoms with Crippen LogP contribution in [0.25, 0.3) is 0 Å². The summed E-state index contributed by atoms with van der Waals surface area (Å²) in [7, 11) is 2.21. The molecule has 0 aromatic heterocycles. The Morgan fingerprint density at radius 3 is 1.16 bits per heavy atom. The monoisotopic (exact) mass is 509 g/mol. The first-order valence-electron chi connectivity index (χ1n) is 11.0.